The number of nitrogens with two attached hydrogens (primary N) is 1. The van der Waals surface area contributed by atoms with E-state index >= 15 is 0 Å². The first-order valence-electron chi connectivity index (χ1n) is 10.2. The number of benzene rings is 1. The first-order chi connectivity index (χ1) is 14.2. The number of fused-ring (bicyclic) bond motifs is 1. The lowest BCUT2D eigenvalue weighted by molar-refractivity contribution is 0.0879. The third kappa shape index (κ3) is 4.27. The molecule has 1 unspecified atom stereocenters. The monoisotopic (exact) mass is 393 g/mol. The van der Waals surface area contributed by atoms with Gasteiger partial charge in [-0.05, 0) is 80.5 Å². The smallest absolute Gasteiger partial charge is 0.287 e. The minimum Gasteiger partial charge on any atom is -0.497 e. The molecule has 1 saturated carbocycles. The van der Waals surface area contributed by atoms with Gasteiger partial charge >= 0.3 is 0 Å². The highest BCUT2D eigenvalue weighted by molar-refractivity contribution is 5.96. The number of furan rings is 1. The Morgan fingerprint density at radius 3 is 2.76 bits per heavy atom. The van der Waals surface area contributed by atoms with E-state index in [1.807, 2.05) is 36.4 Å². The van der Waals surface area contributed by atoms with Crippen molar-refractivity contribution in [2.45, 2.75) is 31.7 Å². The van der Waals surface area contributed by atoms with E-state index in [0.29, 0.717) is 23.2 Å². The van der Waals surface area contributed by atoms with Crippen molar-refractivity contribution in [3.05, 3.63) is 60.1 Å². The molecule has 0 saturated heterocycles. The molecular formula is C23H27N3O3. The fraction of sp³-hybridized carbons (Fsp3) is 0.391. The summed E-state index contributed by atoms with van der Waals surface area (Å²) in [5.41, 5.74) is 7.39. The van der Waals surface area contributed by atoms with E-state index in [1.54, 1.807) is 19.4 Å². The number of carbonyl (C=O) groups excluding carboxylic acids is 1. The second-order valence-electron chi connectivity index (χ2n) is 7.74. The molecule has 3 aromatic rings. The molecule has 6 heteroatoms. The molecule has 1 aliphatic carbocycles. The summed E-state index contributed by atoms with van der Waals surface area (Å²) >= 11 is 0. The molecule has 152 valence electrons. The molecule has 0 radical (unpaired) electrons. The minimum atomic E-state index is -0.225. The van der Waals surface area contributed by atoms with Gasteiger partial charge in [-0.1, -0.05) is 6.07 Å². The number of amides is 1. The number of hydrogen-bond acceptors (Lipinski definition) is 5. The van der Waals surface area contributed by atoms with Gasteiger partial charge in [0.15, 0.2) is 5.76 Å². The number of ether oxygens (including phenoxy) is 1. The number of hydrogen-bond donors (Lipinski definition) is 2. The Morgan fingerprint density at radius 1 is 1.24 bits per heavy atom. The number of methoxy groups -OCH3 is 1. The first kappa shape index (κ1) is 19.5. The van der Waals surface area contributed by atoms with Crippen molar-refractivity contribution >= 4 is 16.9 Å². The normalized spacial score (nSPS) is 20.3. The van der Waals surface area contributed by atoms with Crippen molar-refractivity contribution in [1.82, 2.24) is 10.3 Å². The van der Waals surface area contributed by atoms with Crippen LogP contribution in [-0.2, 0) is 0 Å². The van der Waals surface area contributed by atoms with E-state index in [2.05, 4.69) is 10.3 Å². The van der Waals surface area contributed by atoms with E-state index in [9.17, 15) is 4.79 Å². The summed E-state index contributed by atoms with van der Waals surface area (Å²) in [5, 5.41) is 4.02. The third-order valence-electron chi connectivity index (χ3n) is 5.94. The highest BCUT2D eigenvalue weighted by Crippen LogP contribution is 2.36. The van der Waals surface area contributed by atoms with Crippen LogP contribution in [0.2, 0.25) is 0 Å². The lowest BCUT2D eigenvalue weighted by Gasteiger charge is -2.33. The summed E-state index contributed by atoms with van der Waals surface area (Å²) in [5.74, 6) is 1.72. The summed E-state index contributed by atoms with van der Waals surface area (Å²) < 4.78 is 11.0. The van der Waals surface area contributed by atoms with Crippen LogP contribution in [0, 0.1) is 11.8 Å². The fourth-order valence-electron chi connectivity index (χ4n) is 4.22. The highest BCUT2D eigenvalue weighted by atomic mass is 16.5. The van der Waals surface area contributed by atoms with Gasteiger partial charge in [0.2, 0.25) is 0 Å². The lowest BCUT2D eigenvalue weighted by Crippen LogP contribution is -2.36. The second kappa shape index (κ2) is 8.66. The standard InChI is InChI=1S/C23H27N3O3/c1-28-18-9-10-20-17(12-18)13-21(29-20)23(27)26-22(19-4-2-3-11-25-19)16-7-5-15(14-24)6-8-16/h2-4,9-13,15-16,22H,5-8,14,24H2,1H3,(H,26,27). The molecule has 2 heterocycles. The summed E-state index contributed by atoms with van der Waals surface area (Å²) in [6.45, 7) is 0.732. The summed E-state index contributed by atoms with van der Waals surface area (Å²) in [6.07, 6.45) is 6.00. The molecule has 29 heavy (non-hydrogen) atoms. The maximum absolute atomic E-state index is 13.0. The maximum Gasteiger partial charge on any atom is 0.287 e. The van der Waals surface area contributed by atoms with Crippen molar-refractivity contribution in [3.63, 3.8) is 0 Å². The van der Waals surface area contributed by atoms with Crippen molar-refractivity contribution in [2.75, 3.05) is 13.7 Å². The lowest BCUT2D eigenvalue weighted by atomic mass is 9.77. The van der Waals surface area contributed by atoms with Crippen LogP contribution in [0.15, 0.2) is 53.1 Å². The Balaban J connectivity index is 1.56. The Morgan fingerprint density at radius 2 is 2.07 bits per heavy atom. The van der Waals surface area contributed by atoms with E-state index in [1.165, 1.54) is 0 Å². The number of rotatable bonds is 6. The van der Waals surface area contributed by atoms with Gasteiger partial charge in [0.05, 0.1) is 18.8 Å². The Bertz CT molecular complexity index is 962. The Hall–Kier alpha value is -2.86. The van der Waals surface area contributed by atoms with Gasteiger partial charge in [-0.15, -0.1) is 0 Å². The van der Waals surface area contributed by atoms with Crippen LogP contribution in [0.4, 0.5) is 0 Å². The van der Waals surface area contributed by atoms with Crippen LogP contribution in [0.5, 0.6) is 5.75 Å². The molecule has 6 nitrogen and oxygen atoms in total. The predicted molar refractivity (Wildman–Crippen MR) is 112 cm³/mol. The van der Waals surface area contributed by atoms with Gasteiger partial charge in [0, 0.05) is 11.6 Å². The quantitative estimate of drug-likeness (QED) is 0.659. The molecule has 0 spiro atoms. The Labute approximate surface area is 170 Å². The average Bonchev–Trinajstić information content (AvgIpc) is 3.21. The zero-order chi connectivity index (χ0) is 20.2. The molecule has 1 amide bonds. The molecule has 2 aromatic heterocycles. The van der Waals surface area contributed by atoms with Crippen molar-refractivity contribution in [3.8, 4) is 5.75 Å². The highest BCUT2D eigenvalue weighted by Gasteiger charge is 2.31. The van der Waals surface area contributed by atoms with Crippen molar-refractivity contribution in [1.29, 1.82) is 0 Å². The molecule has 4 rings (SSSR count). The molecule has 3 N–H and O–H groups in total. The average molecular weight is 393 g/mol. The molecule has 1 fully saturated rings. The summed E-state index contributed by atoms with van der Waals surface area (Å²) in [7, 11) is 1.62. The van der Waals surface area contributed by atoms with Crippen LogP contribution in [0.25, 0.3) is 11.0 Å². The molecular weight excluding hydrogens is 366 g/mol. The number of carbonyl (C=O) groups is 1. The van der Waals surface area contributed by atoms with Crippen molar-refractivity contribution in [2.24, 2.45) is 17.6 Å². The predicted octanol–water partition coefficient (Wildman–Crippen LogP) is 4.07. The van der Waals surface area contributed by atoms with Crippen LogP contribution < -0.4 is 15.8 Å². The van der Waals surface area contributed by atoms with E-state index < -0.39 is 0 Å². The van der Waals surface area contributed by atoms with Crippen LogP contribution in [-0.4, -0.2) is 24.5 Å². The zero-order valence-corrected chi connectivity index (χ0v) is 16.6. The van der Waals surface area contributed by atoms with Gasteiger partial charge in [-0.3, -0.25) is 9.78 Å². The fourth-order valence-corrected chi connectivity index (χ4v) is 4.22. The third-order valence-corrected chi connectivity index (χ3v) is 5.94. The number of aromatic nitrogens is 1. The van der Waals surface area contributed by atoms with Gasteiger partial charge in [-0.25, -0.2) is 0 Å². The maximum atomic E-state index is 13.0. The van der Waals surface area contributed by atoms with E-state index in [-0.39, 0.29) is 11.9 Å². The largest absolute Gasteiger partial charge is 0.497 e. The van der Waals surface area contributed by atoms with Gasteiger partial charge in [-0.2, -0.15) is 0 Å². The number of nitrogens with zero attached hydrogens (tertiary/aromatic N) is 1. The first-order valence-corrected chi connectivity index (χ1v) is 10.2. The van der Waals surface area contributed by atoms with E-state index in [0.717, 1.165) is 49.1 Å². The van der Waals surface area contributed by atoms with E-state index in [4.69, 9.17) is 14.9 Å². The van der Waals surface area contributed by atoms with Gasteiger partial charge < -0.3 is 20.2 Å². The second-order valence-corrected chi connectivity index (χ2v) is 7.74. The SMILES string of the molecule is COc1ccc2oc(C(=O)NC(c3ccccn3)C3CCC(CN)CC3)cc2c1. The molecule has 1 aromatic carbocycles. The molecule has 0 bridgehead atoms. The minimum absolute atomic E-state index is 0.148. The topological polar surface area (TPSA) is 90.4 Å². The Kier molecular flexibility index (Phi) is 5.81. The van der Waals surface area contributed by atoms with Crippen molar-refractivity contribution < 1.29 is 13.9 Å². The zero-order valence-electron chi connectivity index (χ0n) is 16.6. The number of nitrogens with one attached hydrogen (secondary N) is 1. The molecule has 0 aliphatic heterocycles. The number of pyridine rings is 1. The van der Waals surface area contributed by atoms with Crippen LogP contribution in [0.3, 0.4) is 0 Å². The molecule has 1 atom stereocenters. The van der Waals surface area contributed by atoms with Gasteiger partial charge in [0.25, 0.3) is 5.91 Å². The molecule has 1 aliphatic rings. The summed E-state index contributed by atoms with van der Waals surface area (Å²) in [6, 6.07) is 12.9. The van der Waals surface area contributed by atoms with Crippen LogP contribution >= 0.6 is 0 Å². The van der Waals surface area contributed by atoms with Crippen LogP contribution in [0.1, 0.15) is 48.0 Å². The summed E-state index contributed by atoms with van der Waals surface area (Å²) in [4.78, 5) is 17.6. The van der Waals surface area contributed by atoms with Gasteiger partial charge in [0.1, 0.15) is 11.3 Å².